The highest BCUT2D eigenvalue weighted by Crippen LogP contribution is 2.18. The maximum atomic E-state index is 12.2. The lowest BCUT2D eigenvalue weighted by atomic mass is 9.73. The zero-order valence-corrected chi connectivity index (χ0v) is 11.6. The molecule has 0 radical (unpaired) electrons. The zero-order chi connectivity index (χ0) is 13.2. The summed E-state index contributed by atoms with van der Waals surface area (Å²) >= 11 is 5.11. The highest BCUT2D eigenvalue weighted by Gasteiger charge is 2.21. The van der Waals surface area contributed by atoms with Crippen LogP contribution in [0.4, 0.5) is 5.82 Å². The van der Waals surface area contributed by atoms with Gasteiger partial charge in [0.15, 0.2) is 0 Å². The molecule has 1 amide bonds. The van der Waals surface area contributed by atoms with E-state index in [1.807, 2.05) is 6.07 Å². The molecule has 1 aliphatic heterocycles. The van der Waals surface area contributed by atoms with Gasteiger partial charge in [0.05, 0.1) is 5.56 Å². The number of carbonyl (C=O) groups is 1. The van der Waals surface area contributed by atoms with Crippen LogP contribution < -0.4 is 16.1 Å². The summed E-state index contributed by atoms with van der Waals surface area (Å²) in [6.07, 6.45) is 7.52. The van der Waals surface area contributed by atoms with Crippen LogP contribution in [0.25, 0.3) is 0 Å². The number of thiocarbonyl (C=S) groups is 1. The Labute approximate surface area is 118 Å². The fourth-order valence-electron chi connectivity index (χ4n) is 2.75. The van der Waals surface area contributed by atoms with Crippen molar-refractivity contribution < 1.29 is 4.79 Å². The number of nitrogens with one attached hydrogen (secondary N) is 2. The van der Waals surface area contributed by atoms with E-state index in [1.165, 1.54) is 19.3 Å². The van der Waals surface area contributed by atoms with Crippen molar-refractivity contribution in [1.82, 2.24) is 10.3 Å². The van der Waals surface area contributed by atoms with Gasteiger partial charge in [-0.2, -0.15) is 0 Å². The molecular weight excluding hydrogens is 257 g/mol. The quantitative estimate of drug-likeness (QED) is 0.621. The zero-order valence-electron chi connectivity index (χ0n) is 10.7. The second-order valence-corrected chi connectivity index (χ2v) is 5.76. The summed E-state index contributed by atoms with van der Waals surface area (Å²) in [6, 6.07) is 2.22. The second kappa shape index (κ2) is 5.29. The molecule has 6 heteroatoms. The third-order valence-electron chi connectivity index (χ3n) is 3.78. The third kappa shape index (κ3) is 2.78. The Morgan fingerprint density at radius 3 is 3.00 bits per heavy atom. The van der Waals surface area contributed by atoms with Crippen molar-refractivity contribution in [2.45, 2.75) is 38.1 Å². The van der Waals surface area contributed by atoms with Gasteiger partial charge in [-0.25, -0.2) is 4.98 Å². The SMILES string of the molecule is O=C(NC1CCCCC1)c1cnc2c(c1)BC(=S)N2. The number of aromatic nitrogens is 1. The van der Waals surface area contributed by atoms with Crippen LogP contribution >= 0.6 is 12.2 Å². The van der Waals surface area contributed by atoms with Crippen molar-refractivity contribution in [1.29, 1.82) is 0 Å². The van der Waals surface area contributed by atoms with Crippen LogP contribution in [0.5, 0.6) is 0 Å². The molecular formula is C13H16BN3OS. The van der Waals surface area contributed by atoms with Crippen molar-refractivity contribution in [3.63, 3.8) is 0 Å². The Balaban J connectivity index is 1.70. The molecule has 1 fully saturated rings. The minimum absolute atomic E-state index is 0.0139. The highest BCUT2D eigenvalue weighted by atomic mass is 32.1. The molecule has 1 saturated carbocycles. The molecule has 0 spiro atoms. The van der Waals surface area contributed by atoms with E-state index in [2.05, 4.69) is 15.6 Å². The molecule has 0 saturated heterocycles. The van der Waals surface area contributed by atoms with E-state index < -0.39 is 0 Å². The maximum absolute atomic E-state index is 12.2. The smallest absolute Gasteiger partial charge is 0.253 e. The maximum Gasteiger partial charge on any atom is 0.253 e. The van der Waals surface area contributed by atoms with Crippen molar-refractivity contribution >= 4 is 41.6 Å². The van der Waals surface area contributed by atoms with Gasteiger partial charge in [0.25, 0.3) is 5.91 Å². The Morgan fingerprint density at radius 1 is 1.42 bits per heavy atom. The average molecular weight is 273 g/mol. The van der Waals surface area contributed by atoms with Gasteiger partial charge in [-0.1, -0.05) is 31.5 Å². The third-order valence-corrected chi connectivity index (χ3v) is 4.02. The molecule has 0 aromatic carbocycles. The average Bonchev–Trinajstić information content (AvgIpc) is 2.78. The van der Waals surface area contributed by atoms with Gasteiger partial charge >= 0.3 is 0 Å². The van der Waals surface area contributed by atoms with Crippen LogP contribution in [0.15, 0.2) is 12.3 Å². The molecule has 1 aromatic rings. The molecule has 3 rings (SSSR count). The molecule has 19 heavy (non-hydrogen) atoms. The van der Waals surface area contributed by atoms with E-state index in [0.717, 1.165) is 29.0 Å². The summed E-state index contributed by atoms with van der Waals surface area (Å²) in [5.41, 5.74) is 1.65. The molecule has 0 bridgehead atoms. The first-order valence-corrected chi connectivity index (χ1v) is 7.23. The Bertz CT molecular complexity index is 529. The number of hydrogen-bond acceptors (Lipinski definition) is 3. The van der Waals surface area contributed by atoms with Crippen LogP contribution in [0.1, 0.15) is 42.5 Å². The van der Waals surface area contributed by atoms with Crippen LogP contribution in [0.3, 0.4) is 0 Å². The number of nitrogens with zero attached hydrogens (tertiary/aromatic N) is 1. The standard InChI is InChI=1S/C13H16BN3OS/c18-12(16-9-4-2-1-3-5-9)8-6-10-11(15-7-8)17-13(19)14-10/h6-7,9,14H,1-5H2,(H,16,18)(H,15,17,19). The number of rotatable bonds is 2. The lowest BCUT2D eigenvalue weighted by Crippen LogP contribution is -2.36. The number of fused-ring (bicyclic) bond motifs is 1. The first-order valence-electron chi connectivity index (χ1n) is 6.82. The van der Waals surface area contributed by atoms with Crippen LogP contribution in [-0.2, 0) is 0 Å². The van der Waals surface area contributed by atoms with E-state index in [4.69, 9.17) is 12.2 Å². The lowest BCUT2D eigenvalue weighted by molar-refractivity contribution is 0.0927. The lowest BCUT2D eigenvalue weighted by Gasteiger charge is -2.22. The summed E-state index contributed by atoms with van der Waals surface area (Å²) in [5.74, 6) is 0.777. The number of pyridine rings is 1. The molecule has 0 unspecified atom stereocenters. The predicted molar refractivity (Wildman–Crippen MR) is 81.6 cm³/mol. The number of anilines is 1. The Morgan fingerprint density at radius 2 is 2.21 bits per heavy atom. The van der Waals surface area contributed by atoms with E-state index in [-0.39, 0.29) is 5.91 Å². The van der Waals surface area contributed by atoms with Crippen LogP contribution in [0, 0.1) is 0 Å². The molecule has 4 nitrogen and oxygen atoms in total. The van der Waals surface area contributed by atoms with Gasteiger partial charge in [0, 0.05) is 17.1 Å². The van der Waals surface area contributed by atoms with Crippen molar-refractivity contribution in [2.75, 3.05) is 5.32 Å². The monoisotopic (exact) mass is 273 g/mol. The largest absolute Gasteiger partial charge is 0.349 e. The summed E-state index contributed by atoms with van der Waals surface area (Å²) in [5, 5.41) is 6.14. The van der Waals surface area contributed by atoms with Gasteiger partial charge in [-0.3, -0.25) is 4.79 Å². The molecule has 1 aromatic heterocycles. The summed E-state index contributed by atoms with van der Waals surface area (Å²) in [6.45, 7) is 0. The summed E-state index contributed by atoms with van der Waals surface area (Å²) < 4.78 is 0. The normalized spacial score (nSPS) is 18.4. The van der Waals surface area contributed by atoms with E-state index >= 15 is 0 Å². The molecule has 2 aliphatic rings. The number of carbonyl (C=O) groups excluding carboxylic acids is 1. The first-order chi connectivity index (χ1) is 9.22. The topological polar surface area (TPSA) is 54.0 Å². The fraction of sp³-hybridized carbons (Fsp3) is 0.462. The van der Waals surface area contributed by atoms with Gasteiger partial charge < -0.3 is 10.6 Å². The van der Waals surface area contributed by atoms with Gasteiger partial charge in [-0.05, 0) is 24.4 Å². The van der Waals surface area contributed by atoms with Crippen molar-refractivity contribution in [3.05, 3.63) is 17.8 Å². The molecule has 2 N–H and O–H groups in total. The minimum atomic E-state index is -0.0139. The van der Waals surface area contributed by atoms with Gasteiger partial charge in [0.1, 0.15) is 5.82 Å². The van der Waals surface area contributed by atoms with E-state index in [1.54, 1.807) is 6.20 Å². The molecule has 98 valence electrons. The van der Waals surface area contributed by atoms with Crippen molar-refractivity contribution in [2.24, 2.45) is 0 Å². The molecule has 1 aliphatic carbocycles. The minimum Gasteiger partial charge on any atom is -0.349 e. The number of hydrogen-bond donors (Lipinski definition) is 2. The van der Waals surface area contributed by atoms with Gasteiger partial charge in [0.2, 0.25) is 7.28 Å². The Kier molecular flexibility index (Phi) is 3.51. The molecule has 2 heterocycles. The fourth-order valence-corrected chi connectivity index (χ4v) is 3.00. The van der Waals surface area contributed by atoms with Crippen LogP contribution in [-0.4, -0.2) is 29.1 Å². The Hall–Kier alpha value is -1.43. The summed E-state index contributed by atoms with van der Waals surface area (Å²) in [4.78, 5) is 17.2. The highest BCUT2D eigenvalue weighted by molar-refractivity contribution is 7.84. The van der Waals surface area contributed by atoms with Crippen LogP contribution in [0.2, 0.25) is 0 Å². The second-order valence-electron chi connectivity index (χ2n) is 5.27. The molecule has 0 atom stereocenters. The first kappa shape index (κ1) is 12.6. The van der Waals surface area contributed by atoms with E-state index in [0.29, 0.717) is 18.9 Å². The van der Waals surface area contributed by atoms with E-state index in [9.17, 15) is 4.79 Å². The predicted octanol–water partition coefficient (Wildman–Crippen LogP) is 0.916. The van der Waals surface area contributed by atoms with Crippen molar-refractivity contribution in [3.8, 4) is 0 Å². The van der Waals surface area contributed by atoms with Gasteiger partial charge in [-0.15, -0.1) is 0 Å². The number of amides is 1. The summed E-state index contributed by atoms with van der Waals surface area (Å²) in [7, 11) is 0.683.